The molecule has 3 rings (SSSR count). The maximum Gasteiger partial charge on any atom is 0.265 e. The van der Waals surface area contributed by atoms with Gasteiger partial charge in [0, 0.05) is 12.1 Å². The zero-order valence-electron chi connectivity index (χ0n) is 10.9. The summed E-state index contributed by atoms with van der Waals surface area (Å²) in [6.07, 6.45) is 0.0898. The van der Waals surface area contributed by atoms with Crippen LogP contribution in [0.2, 0.25) is 0 Å². The fraction of sp³-hybridized carbons (Fsp3) is 0.188. The third kappa shape index (κ3) is 2.51. The highest BCUT2D eigenvalue weighted by molar-refractivity contribution is 5.95. The van der Waals surface area contributed by atoms with Gasteiger partial charge in [-0.2, -0.15) is 0 Å². The van der Waals surface area contributed by atoms with E-state index >= 15 is 0 Å². The molecule has 4 nitrogen and oxygen atoms in total. The number of hydrogen-bond donors (Lipinski definition) is 2. The molecule has 2 aromatic carbocycles. The van der Waals surface area contributed by atoms with E-state index in [4.69, 9.17) is 9.84 Å². The lowest BCUT2D eigenvalue weighted by atomic mass is 10.1. The molecule has 0 radical (unpaired) electrons. The quantitative estimate of drug-likeness (QED) is 0.897. The van der Waals surface area contributed by atoms with E-state index in [1.165, 1.54) is 0 Å². The Kier molecular flexibility index (Phi) is 3.39. The van der Waals surface area contributed by atoms with Gasteiger partial charge < -0.3 is 15.2 Å². The minimum Gasteiger partial charge on any atom is -0.480 e. The summed E-state index contributed by atoms with van der Waals surface area (Å²) in [5, 5.41) is 11.9. The zero-order chi connectivity index (χ0) is 13.9. The summed E-state index contributed by atoms with van der Waals surface area (Å²) in [5.41, 5.74) is 2.48. The van der Waals surface area contributed by atoms with E-state index in [0.717, 1.165) is 16.9 Å². The van der Waals surface area contributed by atoms with Crippen molar-refractivity contribution >= 4 is 11.6 Å². The van der Waals surface area contributed by atoms with Gasteiger partial charge in [-0.25, -0.2) is 0 Å². The van der Waals surface area contributed by atoms with Crippen LogP contribution in [0.15, 0.2) is 48.5 Å². The second kappa shape index (κ2) is 5.35. The first-order chi connectivity index (χ1) is 9.76. The van der Waals surface area contributed by atoms with Crippen molar-refractivity contribution in [1.82, 2.24) is 0 Å². The molecule has 1 aliphatic rings. The molecule has 0 aliphatic carbocycles. The number of benzene rings is 2. The van der Waals surface area contributed by atoms with Crippen LogP contribution in [0, 0.1) is 0 Å². The smallest absolute Gasteiger partial charge is 0.265 e. The normalized spacial score (nSPS) is 16.4. The first kappa shape index (κ1) is 12.7. The summed E-state index contributed by atoms with van der Waals surface area (Å²) >= 11 is 0. The lowest BCUT2D eigenvalue weighted by Crippen LogP contribution is -2.31. The van der Waals surface area contributed by atoms with Crippen LogP contribution in [-0.2, 0) is 17.8 Å². The van der Waals surface area contributed by atoms with Gasteiger partial charge in [0.25, 0.3) is 5.91 Å². The molecule has 1 heterocycles. The van der Waals surface area contributed by atoms with Crippen molar-refractivity contribution in [2.45, 2.75) is 19.1 Å². The van der Waals surface area contributed by atoms with Crippen molar-refractivity contribution in [2.24, 2.45) is 0 Å². The van der Waals surface area contributed by atoms with Crippen molar-refractivity contribution < 1.29 is 14.6 Å². The van der Waals surface area contributed by atoms with Gasteiger partial charge in [0.05, 0.1) is 6.61 Å². The van der Waals surface area contributed by atoms with E-state index in [9.17, 15) is 4.79 Å². The first-order valence-corrected chi connectivity index (χ1v) is 6.51. The average molecular weight is 269 g/mol. The highest BCUT2D eigenvalue weighted by atomic mass is 16.5. The maximum absolute atomic E-state index is 12.2. The van der Waals surface area contributed by atoms with Crippen LogP contribution in [0.3, 0.4) is 0 Å². The second-order valence-electron chi connectivity index (χ2n) is 4.77. The van der Waals surface area contributed by atoms with Gasteiger partial charge in [-0.3, -0.25) is 4.79 Å². The van der Waals surface area contributed by atoms with Crippen LogP contribution in [0.5, 0.6) is 5.75 Å². The summed E-state index contributed by atoms with van der Waals surface area (Å²) in [5.74, 6) is 0.605. The molecule has 0 bridgehead atoms. The maximum atomic E-state index is 12.2. The van der Waals surface area contributed by atoms with E-state index < -0.39 is 6.10 Å². The van der Waals surface area contributed by atoms with Crippen LogP contribution in [0.4, 0.5) is 5.69 Å². The molecule has 1 amide bonds. The van der Waals surface area contributed by atoms with Crippen LogP contribution >= 0.6 is 0 Å². The average Bonchev–Trinajstić information content (AvgIpc) is 2.91. The highest BCUT2D eigenvalue weighted by Gasteiger charge is 2.28. The number of carbonyl (C=O) groups excluding carboxylic acids is 1. The third-order valence-electron chi connectivity index (χ3n) is 3.32. The van der Waals surface area contributed by atoms with E-state index in [2.05, 4.69) is 5.32 Å². The van der Waals surface area contributed by atoms with Gasteiger partial charge in [-0.15, -0.1) is 0 Å². The fourth-order valence-corrected chi connectivity index (χ4v) is 2.30. The topological polar surface area (TPSA) is 58.6 Å². The van der Waals surface area contributed by atoms with Gasteiger partial charge >= 0.3 is 0 Å². The largest absolute Gasteiger partial charge is 0.480 e. The Labute approximate surface area is 117 Å². The molecule has 2 aromatic rings. The van der Waals surface area contributed by atoms with E-state index in [-0.39, 0.29) is 12.5 Å². The Bertz CT molecular complexity index is 614. The SMILES string of the molecule is O=C(Nc1cccc(CO)c1)C1Cc2ccccc2O1. The molecule has 0 aromatic heterocycles. The first-order valence-electron chi connectivity index (χ1n) is 6.51. The van der Waals surface area contributed by atoms with Crippen molar-refractivity contribution in [1.29, 1.82) is 0 Å². The molecular formula is C16H15NO3. The van der Waals surface area contributed by atoms with Crippen molar-refractivity contribution in [3.63, 3.8) is 0 Å². The van der Waals surface area contributed by atoms with E-state index in [1.807, 2.05) is 24.3 Å². The highest BCUT2D eigenvalue weighted by Crippen LogP contribution is 2.28. The van der Waals surface area contributed by atoms with Crippen LogP contribution in [0.1, 0.15) is 11.1 Å². The summed E-state index contributed by atoms with van der Waals surface area (Å²) in [4.78, 5) is 12.2. The van der Waals surface area contributed by atoms with Crippen molar-refractivity contribution in [2.75, 3.05) is 5.32 Å². The van der Waals surface area contributed by atoms with Crippen molar-refractivity contribution in [3.05, 3.63) is 59.7 Å². The van der Waals surface area contributed by atoms with Crippen LogP contribution in [-0.4, -0.2) is 17.1 Å². The van der Waals surface area contributed by atoms with Gasteiger partial charge in [0.1, 0.15) is 5.75 Å². The van der Waals surface area contributed by atoms with Gasteiger partial charge in [0.2, 0.25) is 0 Å². The van der Waals surface area contributed by atoms with Gasteiger partial charge in [0.15, 0.2) is 6.10 Å². The Balaban J connectivity index is 1.69. The Hall–Kier alpha value is -2.33. The third-order valence-corrected chi connectivity index (χ3v) is 3.32. The van der Waals surface area contributed by atoms with Gasteiger partial charge in [-0.1, -0.05) is 30.3 Å². The molecule has 0 spiro atoms. The number of fused-ring (bicyclic) bond motifs is 1. The lowest BCUT2D eigenvalue weighted by molar-refractivity contribution is -0.122. The number of amides is 1. The number of rotatable bonds is 3. The minimum absolute atomic E-state index is 0.0465. The number of para-hydroxylation sites is 1. The molecule has 1 aliphatic heterocycles. The number of aliphatic hydroxyl groups is 1. The van der Waals surface area contributed by atoms with Crippen molar-refractivity contribution in [3.8, 4) is 5.75 Å². The molecule has 20 heavy (non-hydrogen) atoms. The predicted molar refractivity (Wildman–Crippen MR) is 75.6 cm³/mol. The standard InChI is InChI=1S/C16H15NO3/c18-10-11-4-3-6-13(8-11)17-16(19)15-9-12-5-1-2-7-14(12)20-15/h1-8,15,18H,9-10H2,(H,17,19). The summed E-state index contributed by atoms with van der Waals surface area (Å²) in [6, 6.07) is 14.8. The summed E-state index contributed by atoms with van der Waals surface area (Å²) < 4.78 is 5.64. The van der Waals surface area contributed by atoms with Crippen LogP contribution in [0.25, 0.3) is 0 Å². The number of aliphatic hydroxyl groups excluding tert-OH is 1. The Morgan fingerprint density at radius 2 is 2.10 bits per heavy atom. The molecule has 1 unspecified atom stereocenters. The van der Waals surface area contributed by atoms with Crippen LogP contribution < -0.4 is 10.1 Å². The fourth-order valence-electron chi connectivity index (χ4n) is 2.30. The molecule has 4 heteroatoms. The predicted octanol–water partition coefficient (Wildman–Crippen LogP) is 2.12. The molecule has 0 saturated carbocycles. The lowest BCUT2D eigenvalue weighted by Gasteiger charge is -2.11. The molecule has 1 atom stereocenters. The number of anilines is 1. The number of ether oxygens (including phenoxy) is 1. The number of nitrogens with one attached hydrogen (secondary N) is 1. The monoisotopic (exact) mass is 269 g/mol. The van der Waals surface area contributed by atoms with E-state index in [0.29, 0.717) is 12.1 Å². The Morgan fingerprint density at radius 1 is 1.25 bits per heavy atom. The Morgan fingerprint density at radius 3 is 2.90 bits per heavy atom. The molecule has 2 N–H and O–H groups in total. The van der Waals surface area contributed by atoms with E-state index in [1.54, 1.807) is 24.3 Å². The number of hydrogen-bond acceptors (Lipinski definition) is 3. The molecule has 102 valence electrons. The second-order valence-corrected chi connectivity index (χ2v) is 4.77. The number of carbonyl (C=O) groups is 1. The minimum atomic E-state index is -0.495. The molecule has 0 fully saturated rings. The summed E-state index contributed by atoms with van der Waals surface area (Å²) in [6.45, 7) is -0.0465. The molecule has 0 saturated heterocycles. The summed E-state index contributed by atoms with van der Waals surface area (Å²) in [7, 11) is 0. The van der Waals surface area contributed by atoms with Gasteiger partial charge in [-0.05, 0) is 29.3 Å². The zero-order valence-corrected chi connectivity index (χ0v) is 10.9. The molecular weight excluding hydrogens is 254 g/mol.